The third-order valence-electron chi connectivity index (χ3n) is 22.5. The van der Waals surface area contributed by atoms with E-state index in [1.165, 1.54) is 33.8 Å². The van der Waals surface area contributed by atoms with E-state index in [4.69, 9.17) is 21.1 Å². The number of likely N-dealkylation sites (tertiary alicyclic amines) is 3. The molecule has 3 amide bonds. The molecule has 21 nitrogen and oxygen atoms in total. The van der Waals surface area contributed by atoms with Crippen LogP contribution in [-0.2, 0) is 67.5 Å². The minimum absolute atomic E-state index is 0. The standard InChI is InChI=1S/C27H31F6N3O4.C27H37N3O4S.C25H35ClN4O3S.H2/c1-24(2)16-36-19(22(37)27(31,32)33)6-7-21(36)25(34-24)8-11-35(12-9-25)23(38)17-4-5-18(20(14-17)39-3)15-40-13-10-26(28,29)30;1-7-35(33,34)22-10-8-20(18-19(22)2)25(32)29-14-12-27(13-15-29)23-11-9-21(24(31)26(3,4)5)30(23)17-16-28(27)6;1-4-14-29(15-5-2)34(32,33)21-8-6-20(7-9-21)24(31)28-16-12-25(13-17-28)22-10-11-23(26)30(22)19-18-27(25)3;/h4-7,14,34H,8-13,15-16H2,1-3H3;8-11,18H,7,12-17H2,1-6H3;6-11H,4-5,12-19H2,1-3H3;1H. The maximum absolute atomic E-state index is 13.3. The number of sulfone groups is 1. The lowest BCUT2D eigenvalue weighted by Gasteiger charge is -2.51. The summed E-state index contributed by atoms with van der Waals surface area (Å²) in [6, 6.07) is 26.9. The molecule has 598 valence electrons. The minimum Gasteiger partial charge on any atom is -0.496 e. The Morgan fingerprint density at radius 2 is 1.06 bits per heavy atom. The van der Waals surface area contributed by atoms with Gasteiger partial charge in [-0.25, -0.2) is 16.8 Å². The van der Waals surface area contributed by atoms with Gasteiger partial charge in [-0.05, 0) is 183 Å². The third kappa shape index (κ3) is 17.6. The maximum Gasteiger partial charge on any atom is 0.456 e. The summed E-state index contributed by atoms with van der Waals surface area (Å²) in [6.07, 6.45) is -4.79. The van der Waals surface area contributed by atoms with Gasteiger partial charge in [-0.15, -0.1) is 0 Å². The molecule has 0 saturated carbocycles. The van der Waals surface area contributed by atoms with Gasteiger partial charge >= 0.3 is 12.4 Å². The van der Waals surface area contributed by atoms with E-state index in [0.717, 1.165) is 81.2 Å². The summed E-state index contributed by atoms with van der Waals surface area (Å²) in [5, 5.41) is 4.33. The van der Waals surface area contributed by atoms with E-state index < -0.39 is 73.2 Å². The number of carbonyl (C=O) groups is 5. The number of hydrogen-bond acceptors (Lipinski definition) is 14. The number of methoxy groups -OCH3 is 1. The molecule has 30 heteroatoms. The SMILES string of the molecule is CCCN(CCC)S(=O)(=O)c1ccc(C(=O)N2CCC3(CC2)c2ccc(Cl)n2CCN3C)cc1.CCS(=O)(=O)c1ccc(C(=O)N2CCC3(CC2)c2ccc(C(=O)C(C)(C)C)n2CCN3C)cc1C.COc1cc(C(=O)N2CCC3(CC2)NC(C)(C)Cn2c(C(=O)C(F)(F)F)ccc23)ccc1COCCC(F)(F)F.[HH]. The first kappa shape index (κ1) is 84.1. The average molecular weight is 1580 g/mol. The first-order valence-corrected chi connectivity index (χ1v) is 40.8. The monoisotopic (exact) mass is 1580 g/mol. The van der Waals surface area contributed by atoms with Gasteiger partial charge in [0.1, 0.15) is 10.9 Å². The molecule has 6 aliphatic rings. The van der Waals surface area contributed by atoms with Crippen LogP contribution in [0.15, 0.2) is 107 Å². The summed E-state index contributed by atoms with van der Waals surface area (Å²) >= 11 is 6.40. The fraction of sp³-hybridized carbons (Fsp3) is 0.557. The fourth-order valence-corrected chi connectivity index (χ4v) is 19.5. The smallest absolute Gasteiger partial charge is 0.456 e. The molecule has 6 aromatic rings. The van der Waals surface area contributed by atoms with Gasteiger partial charge in [0.2, 0.25) is 10.0 Å². The summed E-state index contributed by atoms with van der Waals surface area (Å²) in [6.45, 7) is 24.0. The molecular formula is C79H105ClF6N10O11S2. The molecule has 0 aliphatic carbocycles. The van der Waals surface area contributed by atoms with Gasteiger partial charge in [0, 0.05) is 137 Å². The number of amides is 3. The summed E-state index contributed by atoms with van der Waals surface area (Å²) < 4.78 is 145. The van der Waals surface area contributed by atoms with Crippen LogP contribution in [0.3, 0.4) is 0 Å². The number of Topliss-reactive ketones (excluding diaryl/α,β-unsaturated/α-hetero) is 2. The first-order chi connectivity index (χ1) is 51.1. The number of aromatic nitrogens is 3. The zero-order valence-corrected chi connectivity index (χ0v) is 66.8. The zero-order chi connectivity index (χ0) is 79.8. The lowest BCUT2D eigenvalue weighted by atomic mass is 9.79. The normalized spacial score (nSPS) is 18.5. The predicted octanol–water partition coefficient (Wildman–Crippen LogP) is 13.4. The van der Waals surface area contributed by atoms with Crippen LogP contribution in [-0.4, -0.2) is 206 Å². The highest BCUT2D eigenvalue weighted by Crippen LogP contribution is 2.46. The van der Waals surface area contributed by atoms with Crippen molar-refractivity contribution < 1.29 is 78.1 Å². The van der Waals surface area contributed by atoms with Crippen molar-refractivity contribution in [1.29, 1.82) is 0 Å². The number of halogens is 7. The van der Waals surface area contributed by atoms with E-state index in [9.17, 15) is 67.2 Å². The van der Waals surface area contributed by atoms with E-state index in [1.807, 2.05) is 70.4 Å². The second-order valence-electron chi connectivity index (χ2n) is 31.2. The number of nitrogens with one attached hydrogen (secondary N) is 1. The van der Waals surface area contributed by atoms with Crippen molar-refractivity contribution in [3.8, 4) is 5.75 Å². The van der Waals surface area contributed by atoms with Crippen LogP contribution in [0.1, 0.15) is 195 Å². The van der Waals surface area contributed by atoms with Gasteiger partial charge < -0.3 is 37.9 Å². The summed E-state index contributed by atoms with van der Waals surface area (Å²) in [7, 11) is -1.20. The van der Waals surface area contributed by atoms with Gasteiger partial charge in [-0.3, -0.25) is 39.1 Å². The lowest BCUT2D eigenvalue weighted by molar-refractivity contribution is -0.146. The number of rotatable bonds is 18. The van der Waals surface area contributed by atoms with Crippen LogP contribution >= 0.6 is 11.6 Å². The van der Waals surface area contributed by atoms with Crippen molar-refractivity contribution in [2.75, 3.05) is 99.0 Å². The van der Waals surface area contributed by atoms with Crippen LogP contribution in [0, 0.1) is 12.3 Å². The molecule has 3 fully saturated rings. The topological polar surface area (TPSA) is 218 Å². The van der Waals surface area contributed by atoms with E-state index in [2.05, 4.69) is 50.5 Å². The molecule has 0 atom stereocenters. The number of carbonyl (C=O) groups excluding carboxylic acids is 5. The van der Waals surface area contributed by atoms with Gasteiger partial charge in [-0.2, -0.15) is 30.6 Å². The molecule has 1 N–H and O–H groups in total. The van der Waals surface area contributed by atoms with Gasteiger partial charge in [-0.1, -0.05) is 59.2 Å². The largest absolute Gasteiger partial charge is 0.496 e. The molecule has 109 heavy (non-hydrogen) atoms. The Morgan fingerprint density at radius 1 is 0.587 bits per heavy atom. The zero-order valence-electron chi connectivity index (χ0n) is 64.4. The number of alkyl halides is 6. The number of hydrogen-bond donors (Lipinski definition) is 1. The van der Waals surface area contributed by atoms with E-state index >= 15 is 0 Å². The third-order valence-corrected chi connectivity index (χ3v) is 26.6. The first-order valence-electron chi connectivity index (χ1n) is 37.4. The second-order valence-corrected chi connectivity index (χ2v) is 35.7. The molecule has 0 bridgehead atoms. The van der Waals surface area contributed by atoms with Gasteiger partial charge in [0.15, 0.2) is 15.6 Å². The molecular weight excluding hydrogens is 1480 g/mol. The van der Waals surface area contributed by atoms with Crippen molar-refractivity contribution in [3.05, 3.63) is 159 Å². The Labute approximate surface area is 642 Å². The van der Waals surface area contributed by atoms with Crippen LogP contribution < -0.4 is 10.1 Å². The highest BCUT2D eigenvalue weighted by Gasteiger charge is 2.51. The van der Waals surface area contributed by atoms with Crippen molar-refractivity contribution in [2.45, 2.75) is 191 Å². The Kier molecular flexibility index (Phi) is 25.3. The van der Waals surface area contributed by atoms with E-state index in [1.54, 1.807) is 79.4 Å². The summed E-state index contributed by atoms with van der Waals surface area (Å²) in [5.74, 6) is -1.79. The average Bonchev–Trinajstić information content (AvgIpc) is 1.52. The number of ether oxygens (including phenoxy) is 2. The summed E-state index contributed by atoms with van der Waals surface area (Å²) in [5.41, 5.74) is 3.74. The molecule has 3 saturated heterocycles. The Bertz CT molecular complexity index is 4560. The van der Waals surface area contributed by atoms with Crippen molar-refractivity contribution in [1.82, 2.24) is 47.8 Å². The molecule has 12 rings (SSSR count). The minimum atomic E-state index is -4.99. The number of nitrogens with zero attached hydrogens (tertiary/aromatic N) is 9. The van der Waals surface area contributed by atoms with Crippen molar-refractivity contribution in [2.24, 2.45) is 5.41 Å². The highest BCUT2D eigenvalue weighted by molar-refractivity contribution is 7.91. The maximum atomic E-state index is 13.3. The Balaban J connectivity index is 0.000000190. The Hall–Kier alpha value is -7.38. The molecule has 3 aromatic carbocycles. The number of fused-ring (bicyclic) bond motifs is 6. The number of aryl methyl sites for hydroxylation is 1. The molecule has 3 aromatic heterocycles. The van der Waals surface area contributed by atoms with Gasteiger partial charge in [0.25, 0.3) is 23.5 Å². The number of ketones is 2. The molecule has 9 heterocycles. The second kappa shape index (κ2) is 32.7. The summed E-state index contributed by atoms with van der Waals surface area (Å²) in [4.78, 5) is 75.7. The van der Waals surface area contributed by atoms with Crippen molar-refractivity contribution in [3.63, 3.8) is 0 Å². The van der Waals surface area contributed by atoms with E-state index in [-0.39, 0.29) is 59.8 Å². The fourth-order valence-electron chi connectivity index (χ4n) is 16.5. The van der Waals surface area contributed by atoms with Gasteiger partial charge in [0.05, 0.1) is 70.3 Å². The van der Waals surface area contributed by atoms with Crippen LogP contribution in [0.2, 0.25) is 5.15 Å². The molecule has 6 aliphatic heterocycles. The Morgan fingerprint density at radius 3 is 1.57 bits per heavy atom. The molecule has 0 radical (unpaired) electrons. The number of piperidine rings is 3. The van der Waals surface area contributed by atoms with Crippen LogP contribution in [0.25, 0.3) is 0 Å². The van der Waals surface area contributed by atoms with Crippen LogP contribution in [0.4, 0.5) is 26.3 Å². The predicted molar refractivity (Wildman–Crippen MR) is 406 cm³/mol. The van der Waals surface area contributed by atoms with Crippen LogP contribution in [0.5, 0.6) is 5.75 Å². The van der Waals surface area contributed by atoms with E-state index in [0.29, 0.717) is 109 Å². The number of sulfonamides is 1. The number of benzene rings is 3. The quantitative estimate of drug-likeness (QED) is 0.0481. The molecule has 3 spiro atoms. The molecule has 0 unspecified atom stereocenters. The highest BCUT2D eigenvalue weighted by atomic mass is 35.5. The van der Waals surface area contributed by atoms with Crippen molar-refractivity contribution >= 4 is 60.7 Å². The lowest BCUT2D eigenvalue weighted by Crippen LogP contribution is -2.63. The number of likely N-dealkylation sites (N-methyl/N-ethyl adjacent to an activating group) is 2.